The monoisotopic (exact) mass is 370 g/mol. The Morgan fingerprint density at radius 3 is 2.81 bits per heavy atom. The molecule has 0 radical (unpaired) electrons. The number of aryl methyl sites for hydroxylation is 1. The van der Waals surface area contributed by atoms with Gasteiger partial charge in [0.25, 0.3) is 0 Å². The lowest BCUT2D eigenvalue weighted by atomic mass is 10.1. The summed E-state index contributed by atoms with van der Waals surface area (Å²) in [5.74, 6) is 0.448. The van der Waals surface area contributed by atoms with Gasteiger partial charge in [-0.05, 0) is 43.2 Å². The van der Waals surface area contributed by atoms with Gasteiger partial charge in [0, 0.05) is 17.0 Å². The number of anilines is 2. The van der Waals surface area contributed by atoms with Crippen molar-refractivity contribution < 1.29 is 14.3 Å². The lowest BCUT2D eigenvalue weighted by molar-refractivity contribution is -0.120. The van der Waals surface area contributed by atoms with Gasteiger partial charge in [0.05, 0.1) is 17.5 Å². The van der Waals surface area contributed by atoms with Crippen molar-refractivity contribution in [3.8, 4) is 5.75 Å². The third kappa shape index (κ3) is 4.19. The second kappa shape index (κ2) is 8.27. The summed E-state index contributed by atoms with van der Waals surface area (Å²) in [6, 6.07) is 13.3. The number of benzene rings is 2. The van der Waals surface area contributed by atoms with E-state index in [2.05, 4.69) is 10.6 Å². The van der Waals surface area contributed by atoms with Gasteiger partial charge in [-0.2, -0.15) is 0 Å². The van der Waals surface area contributed by atoms with E-state index >= 15 is 0 Å². The minimum atomic E-state index is -0.465. The molecule has 5 nitrogen and oxygen atoms in total. The summed E-state index contributed by atoms with van der Waals surface area (Å²) in [5, 5.41) is 5.34. The van der Waals surface area contributed by atoms with E-state index in [-0.39, 0.29) is 18.2 Å². The largest absolute Gasteiger partial charge is 0.494 e. The zero-order chi connectivity index (χ0) is 18.5. The van der Waals surface area contributed by atoms with Gasteiger partial charge in [0.2, 0.25) is 11.8 Å². The molecule has 1 aliphatic rings. The van der Waals surface area contributed by atoms with E-state index in [1.807, 2.05) is 56.3 Å². The first kappa shape index (κ1) is 18.3. The minimum absolute atomic E-state index is 0.118. The third-order valence-corrected chi connectivity index (χ3v) is 5.38. The minimum Gasteiger partial charge on any atom is -0.494 e. The molecule has 26 heavy (non-hydrogen) atoms. The van der Waals surface area contributed by atoms with Crippen molar-refractivity contribution in [3.05, 3.63) is 48.0 Å². The number of nitrogens with one attached hydrogen (secondary N) is 2. The molecule has 0 bridgehead atoms. The number of carbonyl (C=O) groups is 2. The fraction of sp³-hybridized carbons (Fsp3) is 0.300. The molecule has 0 aromatic heterocycles. The fourth-order valence-corrected chi connectivity index (χ4v) is 3.97. The molecule has 0 saturated heterocycles. The first-order valence-corrected chi connectivity index (χ1v) is 9.60. The first-order chi connectivity index (χ1) is 12.6. The number of fused-ring (bicyclic) bond motifs is 1. The normalized spacial score (nSPS) is 15.8. The second-order valence-corrected chi connectivity index (χ2v) is 7.19. The predicted octanol–water partition coefficient (Wildman–Crippen LogP) is 4.09. The Kier molecular flexibility index (Phi) is 5.83. The average Bonchev–Trinajstić information content (AvgIpc) is 2.63. The van der Waals surface area contributed by atoms with Crippen LogP contribution >= 0.6 is 11.8 Å². The van der Waals surface area contributed by atoms with Crippen molar-refractivity contribution in [2.75, 3.05) is 17.2 Å². The number of rotatable bonds is 6. The molecule has 1 unspecified atom stereocenters. The van der Waals surface area contributed by atoms with Gasteiger partial charge in [-0.15, -0.1) is 11.8 Å². The highest BCUT2D eigenvalue weighted by molar-refractivity contribution is 8.01. The Labute approximate surface area is 157 Å². The lowest BCUT2D eigenvalue weighted by Gasteiger charge is -2.24. The standard InChI is InChI=1S/C20H22N2O3S/c1-3-13-7-5-6-8-15(13)21-19(23)12-18-20(24)22-16-10-9-14(25-4-2)11-17(16)26-18/h5-11,18H,3-4,12H2,1-2H3,(H,21,23)(H,22,24). The first-order valence-electron chi connectivity index (χ1n) is 8.72. The smallest absolute Gasteiger partial charge is 0.238 e. The molecule has 136 valence electrons. The Morgan fingerprint density at radius 1 is 1.23 bits per heavy atom. The highest BCUT2D eigenvalue weighted by Crippen LogP contribution is 2.39. The summed E-state index contributed by atoms with van der Waals surface area (Å²) in [5.41, 5.74) is 2.64. The van der Waals surface area contributed by atoms with Crippen molar-refractivity contribution in [3.63, 3.8) is 0 Å². The van der Waals surface area contributed by atoms with Gasteiger partial charge < -0.3 is 15.4 Å². The molecule has 6 heteroatoms. The summed E-state index contributed by atoms with van der Waals surface area (Å²) in [6.07, 6.45) is 0.954. The number of ether oxygens (including phenoxy) is 1. The van der Waals surface area contributed by atoms with Crippen LogP contribution < -0.4 is 15.4 Å². The lowest BCUT2D eigenvalue weighted by Crippen LogP contribution is -2.32. The average molecular weight is 370 g/mol. The van der Waals surface area contributed by atoms with Crippen LogP contribution in [0.25, 0.3) is 0 Å². The van der Waals surface area contributed by atoms with Crippen LogP contribution in [0.4, 0.5) is 11.4 Å². The van der Waals surface area contributed by atoms with Gasteiger partial charge in [0.1, 0.15) is 5.75 Å². The van der Waals surface area contributed by atoms with Gasteiger partial charge in [-0.3, -0.25) is 9.59 Å². The van der Waals surface area contributed by atoms with Gasteiger partial charge >= 0.3 is 0 Å². The van der Waals surface area contributed by atoms with Crippen LogP contribution in [-0.4, -0.2) is 23.7 Å². The van der Waals surface area contributed by atoms with Crippen LogP contribution in [0.5, 0.6) is 5.75 Å². The molecule has 1 heterocycles. The van der Waals surface area contributed by atoms with Crippen molar-refractivity contribution in [1.29, 1.82) is 0 Å². The van der Waals surface area contributed by atoms with Crippen molar-refractivity contribution in [2.45, 2.75) is 36.8 Å². The number of carbonyl (C=O) groups excluding carboxylic acids is 2. The van der Waals surface area contributed by atoms with E-state index < -0.39 is 5.25 Å². The molecular weight excluding hydrogens is 348 g/mol. The van der Waals surface area contributed by atoms with Crippen molar-refractivity contribution in [1.82, 2.24) is 0 Å². The maximum Gasteiger partial charge on any atom is 0.238 e. The summed E-state index contributed by atoms with van der Waals surface area (Å²) in [7, 11) is 0. The Morgan fingerprint density at radius 2 is 2.04 bits per heavy atom. The molecule has 1 aliphatic heterocycles. The highest BCUT2D eigenvalue weighted by atomic mass is 32.2. The zero-order valence-electron chi connectivity index (χ0n) is 14.9. The molecule has 0 fully saturated rings. The molecule has 2 N–H and O–H groups in total. The predicted molar refractivity (Wildman–Crippen MR) is 105 cm³/mol. The SMILES string of the molecule is CCOc1ccc2c(c1)SC(CC(=O)Nc1ccccc1CC)C(=O)N2. The van der Waals surface area contributed by atoms with E-state index in [0.29, 0.717) is 6.61 Å². The zero-order valence-corrected chi connectivity index (χ0v) is 15.7. The van der Waals surface area contributed by atoms with Crippen LogP contribution in [0.1, 0.15) is 25.8 Å². The summed E-state index contributed by atoms with van der Waals surface area (Å²) < 4.78 is 5.51. The van der Waals surface area contributed by atoms with E-state index in [0.717, 1.165) is 34.0 Å². The Bertz CT molecular complexity index is 822. The summed E-state index contributed by atoms with van der Waals surface area (Å²) >= 11 is 1.40. The Hall–Kier alpha value is -2.47. The summed E-state index contributed by atoms with van der Waals surface area (Å²) in [4.78, 5) is 25.7. The number of hydrogen-bond donors (Lipinski definition) is 2. The van der Waals surface area contributed by atoms with Crippen LogP contribution in [0, 0.1) is 0 Å². The van der Waals surface area contributed by atoms with Gasteiger partial charge in [-0.25, -0.2) is 0 Å². The van der Waals surface area contributed by atoms with Crippen molar-refractivity contribution >= 4 is 35.0 Å². The van der Waals surface area contributed by atoms with Crippen molar-refractivity contribution in [2.24, 2.45) is 0 Å². The summed E-state index contributed by atoms with van der Waals surface area (Å²) in [6.45, 7) is 4.55. The Balaban J connectivity index is 1.69. The molecule has 2 amide bonds. The maximum atomic E-state index is 12.4. The van der Waals surface area contributed by atoms with E-state index in [4.69, 9.17) is 4.74 Å². The number of thioether (sulfide) groups is 1. The quantitative estimate of drug-likeness (QED) is 0.804. The molecule has 3 rings (SSSR count). The molecule has 0 spiro atoms. The molecule has 2 aromatic carbocycles. The molecule has 1 atom stereocenters. The number of amides is 2. The van der Waals surface area contributed by atoms with Crippen LogP contribution in [0.15, 0.2) is 47.4 Å². The van der Waals surface area contributed by atoms with E-state index in [9.17, 15) is 9.59 Å². The van der Waals surface area contributed by atoms with Gasteiger partial charge in [0.15, 0.2) is 0 Å². The molecule has 0 saturated carbocycles. The van der Waals surface area contributed by atoms with Crippen LogP contribution in [-0.2, 0) is 16.0 Å². The molecular formula is C20H22N2O3S. The van der Waals surface area contributed by atoms with Crippen LogP contribution in [0.3, 0.4) is 0 Å². The molecule has 2 aromatic rings. The third-order valence-electron chi connectivity index (χ3n) is 4.13. The van der Waals surface area contributed by atoms with E-state index in [1.54, 1.807) is 0 Å². The van der Waals surface area contributed by atoms with E-state index in [1.165, 1.54) is 11.8 Å². The second-order valence-electron chi connectivity index (χ2n) is 5.95. The maximum absolute atomic E-state index is 12.4. The molecule has 0 aliphatic carbocycles. The topological polar surface area (TPSA) is 67.4 Å². The fourth-order valence-electron chi connectivity index (χ4n) is 2.83. The number of hydrogen-bond acceptors (Lipinski definition) is 4. The van der Waals surface area contributed by atoms with Crippen LogP contribution in [0.2, 0.25) is 0 Å². The van der Waals surface area contributed by atoms with Gasteiger partial charge in [-0.1, -0.05) is 25.1 Å². The number of para-hydroxylation sites is 1. The highest BCUT2D eigenvalue weighted by Gasteiger charge is 2.29.